The summed E-state index contributed by atoms with van der Waals surface area (Å²) < 4.78 is 12.4. The van der Waals surface area contributed by atoms with Gasteiger partial charge in [-0.1, -0.05) is 6.07 Å². The van der Waals surface area contributed by atoms with E-state index in [-0.39, 0.29) is 0 Å². The molecule has 0 saturated carbocycles. The van der Waals surface area contributed by atoms with Gasteiger partial charge in [-0.3, -0.25) is 9.20 Å². The quantitative estimate of drug-likeness (QED) is 0.690. The lowest BCUT2D eigenvalue weighted by Gasteiger charge is -2.08. The van der Waals surface area contributed by atoms with Gasteiger partial charge in [0.25, 0.3) is 0 Å². The van der Waals surface area contributed by atoms with Crippen LogP contribution in [0.2, 0.25) is 0 Å². The molecule has 0 atom stereocenters. The van der Waals surface area contributed by atoms with E-state index < -0.39 is 0 Å². The van der Waals surface area contributed by atoms with Crippen LogP contribution >= 0.6 is 0 Å². The summed E-state index contributed by atoms with van der Waals surface area (Å²) in [6.07, 6.45) is 2.63. The molecule has 0 saturated heterocycles. The number of hydrogen-bond donors (Lipinski definition) is 0. The van der Waals surface area contributed by atoms with Crippen molar-refractivity contribution in [2.24, 2.45) is 0 Å². The Morgan fingerprint density at radius 1 is 1.10 bits per heavy atom. The molecule has 2 heterocycles. The molecule has 0 N–H and O–H groups in total. The molecule has 0 spiro atoms. The third-order valence-corrected chi connectivity index (χ3v) is 3.30. The first-order valence-electron chi connectivity index (χ1n) is 6.42. The first kappa shape index (κ1) is 13.2. The zero-order valence-corrected chi connectivity index (χ0v) is 11.7. The van der Waals surface area contributed by atoms with Crippen LogP contribution in [0.1, 0.15) is 10.5 Å². The van der Waals surface area contributed by atoms with E-state index in [1.165, 1.54) is 0 Å². The van der Waals surface area contributed by atoms with Crippen molar-refractivity contribution in [1.29, 1.82) is 0 Å². The highest BCUT2D eigenvalue weighted by atomic mass is 16.5. The second kappa shape index (κ2) is 5.28. The normalized spacial score (nSPS) is 10.6. The van der Waals surface area contributed by atoms with Crippen LogP contribution in [0.5, 0.6) is 11.5 Å². The SMILES string of the molecule is COc1cc(OC)cc(-c2nc(C=O)c3ccccn23)c1. The largest absolute Gasteiger partial charge is 0.497 e. The molecular formula is C16H14N2O3. The minimum absolute atomic E-state index is 0.410. The molecule has 3 aromatic rings. The first-order valence-corrected chi connectivity index (χ1v) is 6.42. The van der Waals surface area contributed by atoms with E-state index >= 15 is 0 Å². The first-order chi connectivity index (χ1) is 10.3. The van der Waals surface area contributed by atoms with Gasteiger partial charge < -0.3 is 9.47 Å². The minimum Gasteiger partial charge on any atom is -0.497 e. The lowest BCUT2D eigenvalue weighted by molar-refractivity contribution is 0.112. The summed E-state index contributed by atoms with van der Waals surface area (Å²) in [5.41, 5.74) is 2.00. The van der Waals surface area contributed by atoms with Gasteiger partial charge in [-0.15, -0.1) is 0 Å². The summed E-state index contributed by atoms with van der Waals surface area (Å²) in [4.78, 5) is 15.6. The second-order valence-electron chi connectivity index (χ2n) is 4.50. The van der Waals surface area contributed by atoms with Crippen LogP contribution in [-0.2, 0) is 0 Å². The summed E-state index contributed by atoms with van der Waals surface area (Å²) >= 11 is 0. The zero-order valence-electron chi connectivity index (χ0n) is 11.7. The van der Waals surface area contributed by atoms with Crippen LogP contribution in [0.15, 0.2) is 42.6 Å². The van der Waals surface area contributed by atoms with Crippen molar-refractivity contribution >= 4 is 11.8 Å². The number of aldehydes is 1. The van der Waals surface area contributed by atoms with Gasteiger partial charge in [0.2, 0.25) is 0 Å². The summed E-state index contributed by atoms with van der Waals surface area (Å²) in [5.74, 6) is 2.01. The number of hydrogen-bond acceptors (Lipinski definition) is 4. The second-order valence-corrected chi connectivity index (χ2v) is 4.50. The van der Waals surface area contributed by atoms with Gasteiger partial charge >= 0.3 is 0 Å². The molecule has 21 heavy (non-hydrogen) atoms. The maximum atomic E-state index is 11.2. The highest BCUT2D eigenvalue weighted by Gasteiger charge is 2.13. The highest BCUT2D eigenvalue weighted by Crippen LogP contribution is 2.30. The van der Waals surface area contributed by atoms with E-state index in [0.29, 0.717) is 23.0 Å². The monoisotopic (exact) mass is 282 g/mol. The van der Waals surface area contributed by atoms with Gasteiger partial charge in [-0.25, -0.2) is 4.98 Å². The number of benzene rings is 1. The van der Waals surface area contributed by atoms with Gasteiger partial charge in [0.1, 0.15) is 23.0 Å². The van der Waals surface area contributed by atoms with Gasteiger partial charge in [0.05, 0.1) is 19.7 Å². The molecule has 5 nitrogen and oxygen atoms in total. The Morgan fingerprint density at radius 3 is 2.43 bits per heavy atom. The van der Waals surface area contributed by atoms with Gasteiger partial charge in [-0.2, -0.15) is 0 Å². The van der Waals surface area contributed by atoms with Crippen molar-refractivity contribution in [3.8, 4) is 22.9 Å². The fourth-order valence-electron chi connectivity index (χ4n) is 2.29. The molecule has 0 amide bonds. The lowest BCUT2D eigenvalue weighted by Crippen LogP contribution is -1.92. The molecule has 0 aliphatic carbocycles. The van der Waals surface area contributed by atoms with Crippen LogP contribution in [0, 0.1) is 0 Å². The Hall–Kier alpha value is -2.82. The number of carbonyl (C=O) groups excluding carboxylic acids is 1. The summed E-state index contributed by atoms with van der Waals surface area (Å²) in [6, 6.07) is 11.1. The molecule has 2 aromatic heterocycles. The molecule has 0 radical (unpaired) electrons. The molecule has 0 aliphatic heterocycles. The number of methoxy groups -OCH3 is 2. The predicted octanol–water partition coefficient (Wildman–Crippen LogP) is 2.83. The van der Waals surface area contributed by atoms with Crippen LogP contribution in [0.4, 0.5) is 0 Å². The summed E-state index contributed by atoms with van der Waals surface area (Å²) in [6.45, 7) is 0. The number of fused-ring (bicyclic) bond motifs is 1. The Kier molecular flexibility index (Phi) is 3.31. The number of imidazole rings is 1. The van der Waals surface area contributed by atoms with Crippen LogP contribution in [0.25, 0.3) is 16.9 Å². The van der Waals surface area contributed by atoms with Crippen molar-refractivity contribution in [3.63, 3.8) is 0 Å². The molecule has 0 bridgehead atoms. The van der Waals surface area contributed by atoms with E-state index in [1.54, 1.807) is 20.3 Å². The Balaban J connectivity index is 2.27. The maximum absolute atomic E-state index is 11.2. The Morgan fingerprint density at radius 2 is 1.81 bits per heavy atom. The van der Waals surface area contributed by atoms with E-state index in [9.17, 15) is 4.79 Å². The third kappa shape index (κ3) is 2.23. The number of carbonyl (C=O) groups is 1. The molecule has 0 aliphatic rings. The zero-order chi connectivity index (χ0) is 14.8. The summed E-state index contributed by atoms with van der Waals surface area (Å²) in [7, 11) is 3.19. The van der Waals surface area contributed by atoms with Crippen molar-refractivity contribution in [1.82, 2.24) is 9.38 Å². The van der Waals surface area contributed by atoms with Crippen LogP contribution in [0.3, 0.4) is 0 Å². The molecule has 0 unspecified atom stereocenters. The summed E-state index contributed by atoms with van der Waals surface area (Å²) in [5, 5.41) is 0. The standard InChI is InChI=1S/C16H14N2O3/c1-20-12-7-11(8-13(9-12)21-2)16-17-14(10-19)15-5-3-4-6-18(15)16/h3-10H,1-2H3. The lowest BCUT2D eigenvalue weighted by atomic mass is 10.2. The molecule has 5 heteroatoms. The van der Waals surface area contributed by atoms with Crippen LogP contribution in [-0.4, -0.2) is 29.9 Å². The fraction of sp³-hybridized carbons (Fsp3) is 0.125. The molecule has 106 valence electrons. The number of pyridine rings is 1. The Bertz CT molecular complexity index is 786. The number of rotatable bonds is 4. The van der Waals surface area contributed by atoms with Crippen molar-refractivity contribution < 1.29 is 14.3 Å². The maximum Gasteiger partial charge on any atom is 0.170 e. The fourth-order valence-corrected chi connectivity index (χ4v) is 2.29. The molecule has 0 fully saturated rings. The van der Waals surface area contributed by atoms with Crippen LogP contribution < -0.4 is 9.47 Å². The number of nitrogens with zero attached hydrogens (tertiary/aromatic N) is 2. The predicted molar refractivity (Wildman–Crippen MR) is 79.1 cm³/mol. The van der Waals surface area contributed by atoms with E-state index in [0.717, 1.165) is 17.4 Å². The smallest absolute Gasteiger partial charge is 0.170 e. The van der Waals surface area contributed by atoms with E-state index in [2.05, 4.69) is 4.98 Å². The van der Waals surface area contributed by atoms with Gasteiger partial charge in [0.15, 0.2) is 6.29 Å². The van der Waals surface area contributed by atoms with Crippen molar-refractivity contribution in [2.75, 3.05) is 14.2 Å². The van der Waals surface area contributed by atoms with Gasteiger partial charge in [-0.05, 0) is 24.3 Å². The van der Waals surface area contributed by atoms with Crippen molar-refractivity contribution in [3.05, 3.63) is 48.3 Å². The molecule has 1 aromatic carbocycles. The minimum atomic E-state index is 0.410. The number of aromatic nitrogens is 2. The van der Waals surface area contributed by atoms with E-state index in [1.807, 2.05) is 40.9 Å². The number of ether oxygens (including phenoxy) is 2. The van der Waals surface area contributed by atoms with Crippen molar-refractivity contribution in [2.45, 2.75) is 0 Å². The average molecular weight is 282 g/mol. The van der Waals surface area contributed by atoms with Gasteiger partial charge in [0, 0.05) is 17.8 Å². The highest BCUT2D eigenvalue weighted by molar-refractivity contribution is 5.86. The average Bonchev–Trinajstić information content (AvgIpc) is 2.93. The molecule has 3 rings (SSSR count). The van der Waals surface area contributed by atoms with E-state index in [4.69, 9.17) is 9.47 Å². The third-order valence-electron chi connectivity index (χ3n) is 3.30. The molecular weight excluding hydrogens is 268 g/mol. The Labute approximate surface area is 121 Å². The topological polar surface area (TPSA) is 52.8 Å².